The number of rotatable bonds is 1. The van der Waals surface area contributed by atoms with Crippen LogP contribution in [0.5, 0.6) is 0 Å². The minimum Gasteiger partial charge on any atom is -0.770 e. The summed E-state index contributed by atoms with van der Waals surface area (Å²) in [5.41, 5.74) is 4.74. The van der Waals surface area contributed by atoms with Crippen molar-refractivity contribution in [1.82, 2.24) is 0 Å². The van der Waals surface area contributed by atoms with Gasteiger partial charge in [0.15, 0.2) is 0 Å². The lowest BCUT2D eigenvalue weighted by Crippen LogP contribution is -2.16. The first kappa shape index (κ1) is 6.55. The van der Waals surface area contributed by atoms with Gasteiger partial charge in [0.1, 0.15) is 4.28 Å². The maximum absolute atomic E-state index is 9.53. The van der Waals surface area contributed by atoms with Crippen molar-refractivity contribution in [3.8, 4) is 0 Å². The molecule has 5 heteroatoms. The Morgan fingerprint density at radius 2 is 2.17 bits per heavy atom. The van der Waals surface area contributed by atoms with Gasteiger partial charge in [-0.05, 0) is 11.1 Å². The molecule has 0 aromatic rings. The Hall–Kier alpha value is 0.550. The molecule has 0 heterocycles. The Labute approximate surface area is 46.3 Å². The van der Waals surface area contributed by atoms with Crippen molar-refractivity contribution in [1.29, 1.82) is 0 Å². The van der Waals surface area contributed by atoms with E-state index >= 15 is 0 Å². The molecule has 2 N–H and O–H groups in total. The minimum atomic E-state index is -2.17. The molecule has 0 saturated carbocycles. The largest absolute Gasteiger partial charge is 0.770 e. The van der Waals surface area contributed by atoms with Gasteiger partial charge < -0.3 is 10.3 Å². The summed E-state index contributed by atoms with van der Waals surface area (Å²) in [7, 11) is 0. The molecule has 6 heavy (non-hydrogen) atoms. The summed E-state index contributed by atoms with van der Waals surface area (Å²) < 4.78 is 18.1. The third kappa shape index (κ3) is 2.77. The van der Waals surface area contributed by atoms with Gasteiger partial charge in [0.05, 0.1) is 0 Å². The molecule has 0 aliphatic heterocycles. The van der Waals surface area contributed by atoms with E-state index in [-0.39, 0.29) is 0 Å². The molecule has 0 aliphatic rings. The van der Waals surface area contributed by atoms with Crippen molar-refractivity contribution < 1.29 is 8.76 Å². The summed E-state index contributed by atoms with van der Waals surface area (Å²) in [4.78, 5) is 0. The van der Waals surface area contributed by atoms with Gasteiger partial charge in [-0.2, -0.15) is 0 Å². The lowest BCUT2D eigenvalue weighted by molar-refractivity contribution is 0.535. The molecular weight excluding hydrogens is 170 g/mol. The molecule has 0 saturated heterocycles. The molecule has 0 radical (unpaired) electrons. The van der Waals surface area contributed by atoms with Crippen molar-refractivity contribution in [3.63, 3.8) is 0 Å². The zero-order chi connectivity index (χ0) is 5.15. The minimum absolute atomic E-state index is 0.919. The summed E-state index contributed by atoms with van der Waals surface area (Å²) in [5, 5.41) is 0. The average molecular weight is 173 g/mol. The van der Waals surface area contributed by atoms with Crippen molar-refractivity contribution >= 4 is 27.0 Å². The van der Waals surface area contributed by atoms with Crippen LogP contribution in [0, 0.1) is 0 Å². The van der Waals surface area contributed by atoms with Crippen LogP contribution in [0.3, 0.4) is 0 Å². The zero-order valence-electron chi connectivity index (χ0n) is 2.76. The number of nitrogens with two attached hydrogens (primary N) is 1. The Bertz CT molecular complexity index is 64.6. The highest BCUT2D eigenvalue weighted by Gasteiger charge is 1.88. The van der Waals surface area contributed by atoms with Gasteiger partial charge in [-0.15, -0.1) is 0 Å². The summed E-state index contributed by atoms with van der Waals surface area (Å²) in [6.45, 7) is 0. The summed E-state index contributed by atoms with van der Waals surface area (Å²) in [5.74, 6) is 0. The fourth-order valence-electron chi connectivity index (χ4n) is 0. The topological polar surface area (TPSA) is 66.2 Å². The Balaban J connectivity index is 3.26. The molecule has 0 spiro atoms. The maximum atomic E-state index is 9.53. The lowest BCUT2D eigenvalue weighted by atomic mass is 11.5. The molecule has 0 aromatic heterocycles. The molecule has 2 unspecified atom stereocenters. The third-order valence-electron chi connectivity index (χ3n) is 0.184. The van der Waals surface area contributed by atoms with Crippen LogP contribution in [0.25, 0.3) is 0 Å². The van der Waals surface area contributed by atoms with E-state index in [4.69, 9.17) is 5.73 Å². The van der Waals surface area contributed by atoms with Crippen LogP contribution in [0.4, 0.5) is 0 Å². The summed E-state index contributed by atoms with van der Waals surface area (Å²) in [6.07, 6.45) is 0. The molecular formula is CH3BrNO2S-. The molecule has 0 rings (SSSR count). The van der Waals surface area contributed by atoms with Gasteiger partial charge in [0.2, 0.25) is 0 Å². The van der Waals surface area contributed by atoms with Crippen LogP contribution in [0.2, 0.25) is 0 Å². The van der Waals surface area contributed by atoms with E-state index in [0.29, 0.717) is 0 Å². The zero-order valence-corrected chi connectivity index (χ0v) is 5.16. The van der Waals surface area contributed by atoms with Crippen molar-refractivity contribution in [2.75, 3.05) is 0 Å². The third-order valence-corrected chi connectivity index (χ3v) is 1.47. The highest BCUT2D eigenvalue weighted by atomic mass is 79.9. The van der Waals surface area contributed by atoms with Crippen LogP contribution < -0.4 is 5.73 Å². The van der Waals surface area contributed by atoms with E-state index in [1.165, 1.54) is 0 Å². The Kier molecular flexibility index (Phi) is 2.92. The molecule has 0 aromatic carbocycles. The highest BCUT2D eigenvalue weighted by molar-refractivity contribution is 9.11. The van der Waals surface area contributed by atoms with Gasteiger partial charge in [-0.3, -0.25) is 4.21 Å². The fraction of sp³-hybridized carbons (Fsp3) is 1.00. The van der Waals surface area contributed by atoms with Crippen LogP contribution in [0.15, 0.2) is 0 Å². The predicted molar refractivity (Wildman–Crippen MR) is 25.8 cm³/mol. The van der Waals surface area contributed by atoms with E-state index in [2.05, 4.69) is 15.9 Å². The first-order valence-corrected chi connectivity index (χ1v) is 3.17. The molecule has 0 fully saturated rings. The van der Waals surface area contributed by atoms with Gasteiger partial charge in [-0.1, -0.05) is 15.9 Å². The van der Waals surface area contributed by atoms with Crippen LogP contribution in [-0.4, -0.2) is 13.0 Å². The molecule has 0 aliphatic carbocycles. The standard InChI is InChI=1S/CH4BrNO2S/c2-1(3)6(4)5/h1H,3H2,(H,4,5)/p-1. The maximum Gasteiger partial charge on any atom is 0.124 e. The molecule has 3 nitrogen and oxygen atoms in total. The molecule has 0 amide bonds. The summed E-state index contributed by atoms with van der Waals surface area (Å²) in [6, 6.07) is 0. The fourth-order valence-corrected chi connectivity index (χ4v) is 0. The average Bonchev–Trinajstić information content (AvgIpc) is 1.36. The summed E-state index contributed by atoms with van der Waals surface area (Å²) >= 11 is 0.431. The second-order valence-electron chi connectivity index (χ2n) is 0.612. The first-order valence-electron chi connectivity index (χ1n) is 1.12. The van der Waals surface area contributed by atoms with Gasteiger partial charge >= 0.3 is 0 Å². The number of hydrogen-bond acceptors (Lipinski definition) is 3. The predicted octanol–water partition coefficient (Wildman–Crippen LogP) is -0.497. The van der Waals surface area contributed by atoms with Crippen LogP contribution in [0.1, 0.15) is 0 Å². The number of halogens is 1. The quantitative estimate of drug-likeness (QED) is 0.330. The van der Waals surface area contributed by atoms with Crippen molar-refractivity contribution in [3.05, 3.63) is 0 Å². The normalized spacial score (nSPS) is 19.8. The second-order valence-corrected chi connectivity index (χ2v) is 3.23. The van der Waals surface area contributed by atoms with E-state index in [9.17, 15) is 8.76 Å². The van der Waals surface area contributed by atoms with Crippen LogP contribution in [-0.2, 0) is 11.1 Å². The monoisotopic (exact) mass is 172 g/mol. The van der Waals surface area contributed by atoms with Crippen molar-refractivity contribution in [2.24, 2.45) is 5.73 Å². The van der Waals surface area contributed by atoms with Crippen LogP contribution >= 0.6 is 15.9 Å². The highest BCUT2D eigenvalue weighted by Crippen LogP contribution is 1.90. The number of alkyl halides is 1. The smallest absolute Gasteiger partial charge is 0.124 e. The van der Waals surface area contributed by atoms with E-state index in [1.807, 2.05) is 0 Å². The first-order chi connectivity index (χ1) is 2.64. The van der Waals surface area contributed by atoms with Gasteiger partial charge in [0, 0.05) is 0 Å². The Morgan fingerprint density at radius 1 is 2.00 bits per heavy atom. The molecule has 2 atom stereocenters. The molecule has 0 bridgehead atoms. The van der Waals surface area contributed by atoms with E-state index < -0.39 is 15.4 Å². The van der Waals surface area contributed by atoms with E-state index in [0.717, 1.165) is 0 Å². The van der Waals surface area contributed by atoms with Gasteiger partial charge in [0.25, 0.3) is 0 Å². The Morgan fingerprint density at radius 3 is 2.17 bits per heavy atom. The van der Waals surface area contributed by atoms with Gasteiger partial charge in [-0.25, -0.2) is 0 Å². The SMILES string of the molecule is NC(Br)S(=O)[O-]. The van der Waals surface area contributed by atoms with E-state index in [1.54, 1.807) is 0 Å². The van der Waals surface area contributed by atoms with Crippen molar-refractivity contribution in [2.45, 2.75) is 4.28 Å². The number of hydrogen-bond donors (Lipinski definition) is 1. The molecule has 38 valence electrons. The lowest BCUT2D eigenvalue weighted by Gasteiger charge is -2.03. The second kappa shape index (κ2) is 2.68.